The molecule has 4 nitrogen and oxygen atoms in total. The lowest BCUT2D eigenvalue weighted by Gasteiger charge is -2.23. The molecule has 0 saturated carbocycles. The van der Waals surface area contributed by atoms with Crippen LogP contribution >= 0.6 is 0 Å². The van der Waals surface area contributed by atoms with Gasteiger partial charge in [0.25, 0.3) is 0 Å². The number of rotatable bonds is 5. The molecular formula is C14H28N2O2. The van der Waals surface area contributed by atoms with Gasteiger partial charge in [0.05, 0.1) is 0 Å². The van der Waals surface area contributed by atoms with Crippen molar-refractivity contribution in [1.29, 1.82) is 0 Å². The van der Waals surface area contributed by atoms with E-state index in [9.17, 15) is 4.79 Å². The molecule has 1 aliphatic heterocycles. The van der Waals surface area contributed by atoms with E-state index in [-0.39, 0.29) is 12.0 Å². The minimum atomic E-state index is -0.403. The Morgan fingerprint density at radius 3 is 2.67 bits per heavy atom. The van der Waals surface area contributed by atoms with Gasteiger partial charge in [-0.05, 0) is 53.1 Å². The van der Waals surface area contributed by atoms with Crippen LogP contribution in [0.5, 0.6) is 0 Å². The minimum absolute atomic E-state index is 0.159. The van der Waals surface area contributed by atoms with Gasteiger partial charge in [0.15, 0.2) is 0 Å². The summed E-state index contributed by atoms with van der Waals surface area (Å²) < 4.78 is 5.35. The molecule has 1 aliphatic rings. The Kier molecular flexibility index (Phi) is 5.60. The van der Waals surface area contributed by atoms with Gasteiger partial charge in [0, 0.05) is 13.1 Å². The summed E-state index contributed by atoms with van der Waals surface area (Å²) in [7, 11) is 0. The molecule has 0 aromatic heterocycles. The fourth-order valence-corrected chi connectivity index (χ4v) is 2.18. The van der Waals surface area contributed by atoms with Crippen molar-refractivity contribution in [2.24, 2.45) is 5.92 Å². The van der Waals surface area contributed by atoms with E-state index >= 15 is 0 Å². The zero-order valence-corrected chi connectivity index (χ0v) is 12.5. The highest BCUT2D eigenvalue weighted by atomic mass is 16.6. The number of ether oxygens (including phenoxy) is 1. The van der Waals surface area contributed by atoms with Gasteiger partial charge in [-0.25, -0.2) is 0 Å². The molecule has 0 bridgehead atoms. The monoisotopic (exact) mass is 256 g/mol. The van der Waals surface area contributed by atoms with Crippen LogP contribution in [0.15, 0.2) is 0 Å². The lowest BCUT2D eigenvalue weighted by molar-refractivity contribution is -0.157. The summed E-state index contributed by atoms with van der Waals surface area (Å²) in [5, 5.41) is 3.29. The zero-order valence-electron chi connectivity index (χ0n) is 12.5. The molecule has 0 spiro atoms. The second-order valence-corrected chi connectivity index (χ2v) is 6.21. The van der Waals surface area contributed by atoms with Crippen LogP contribution in [0.3, 0.4) is 0 Å². The van der Waals surface area contributed by atoms with Crippen LogP contribution in [0, 0.1) is 5.92 Å². The van der Waals surface area contributed by atoms with Gasteiger partial charge in [-0.1, -0.05) is 6.92 Å². The number of esters is 1. The predicted molar refractivity (Wildman–Crippen MR) is 73.5 cm³/mol. The third kappa shape index (κ3) is 5.36. The molecule has 18 heavy (non-hydrogen) atoms. The van der Waals surface area contributed by atoms with Crippen LogP contribution in [-0.2, 0) is 9.53 Å². The van der Waals surface area contributed by atoms with Crippen molar-refractivity contribution in [2.45, 2.75) is 52.7 Å². The zero-order chi connectivity index (χ0) is 13.8. The number of nitrogens with zero attached hydrogens (tertiary/aromatic N) is 1. The summed E-state index contributed by atoms with van der Waals surface area (Å²) in [6.07, 6.45) is 1.22. The second-order valence-electron chi connectivity index (χ2n) is 6.21. The highest BCUT2D eigenvalue weighted by Crippen LogP contribution is 2.15. The van der Waals surface area contributed by atoms with Gasteiger partial charge in [0.1, 0.15) is 11.6 Å². The smallest absolute Gasteiger partial charge is 0.323 e. The summed E-state index contributed by atoms with van der Waals surface area (Å²) in [5.41, 5.74) is -0.403. The van der Waals surface area contributed by atoms with E-state index in [0.29, 0.717) is 5.92 Å². The number of likely N-dealkylation sites (tertiary alicyclic amines) is 1. The Morgan fingerprint density at radius 1 is 1.50 bits per heavy atom. The van der Waals surface area contributed by atoms with Crippen LogP contribution in [0.1, 0.15) is 41.0 Å². The molecule has 1 fully saturated rings. The molecule has 2 atom stereocenters. The Hall–Kier alpha value is -0.610. The van der Waals surface area contributed by atoms with E-state index in [1.54, 1.807) is 0 Å². The molecule has 0 aromatic rings. The van der Waals surface area contributed by atoms with E-state index in [1.165, 1.54) is 13.0 Å². The first-order valence-corrected chi connectivity index (χ1v) is 7.00. The molecule has 2 unspecified atom stereocenters. The standard InChI is InChI=1S/C14H28N2O2/c1-6-16-8-7-12(10-16)9-15-11(2)13(17)18-14(3,4)5/h11-12,15H,6-10H2,1-5H3. The van der Waals surface area contributed by atoms with Crippen molar-refractivity contribution in [3.63, 3.8) is 0 Å². The van der Waals surface area contributed by atoms with Gasteiger partial charge in [-0.2, -0.15) is 0 Å². The number of hydrogen-bond acceptors (Lipinski definition) is 4. The normalized spacial score (nSPS) is 23.1. The van der Waals surface area contributed by atoms with E-state index in [2.05, 4.69) is 17.1 Å². The second kappa shape index (κ2) is 6.53. The molecular weight excluding hydrogens is 228 g/mol. The van der Waals surface area contributed by atoms with Crippen molar-refractivity contribution < 1.29 is 9.53 Å². The first kappa shape index (κ1) is 15.4. The Morgan fingerprint density at radius 2 is 2.17 bits per heavy atom. The number of nitrogens with one attached hydrogen (secondary N) is 1. The van der Waals surface area contributed by atoms with Gasteiger partial charge in [0.2, 0.25) is 0 Å². The maximum Gasteiger partial charge on any atom is 0.323 e. The fraction of sp³-hybridized carbons (Fsp3) is 0.929. The summed E-state index contributed by atoms with van der Waals surface area (Å²) in [6, 6.07) is -0.222. The first-order chi connectivity index (χ1) is 8.31. The molecule has 1 saturated heterocycles. The van der Waals surface area contributed by atoms with Crippen molar-refractivity contribution in [1.82, 2.24) is 10.2 Å². The molecule has 1 heterocycles. The van der Waals surface area contributed by atoms with Gasteiger partial charge in [-0.3, -0.25) is 4.79 Å². The minimum Gasteiger partial charge on any atom is -0.459 e. The van der Waals surface area contributed by atoms with Crippen LogP contribution in [0.4, 0.5) is 0 Å². The quantitative estimate of drug-likeness (QED) is 0.759. The van der Waals surface area contributed by atoms with Crippen molar-refractivity contribution >= 4 is 5.97 Å². The molecule has 4 heteroatoms. The van der Waals surface area contributed by atoms with Crippen LogP contribution < -0.4 is 5.32 Å². The van der Waals surface area contributed by atoms with Crippen LogP contribution in [0.2, 0.25) is 0 Å². The van der Waals surface area contributed by atoms with Gasteiger partial charge in [-0.15, -0.1) is 0 Å². The Balaban J connectivity index is 2.25. The lowest BCUT2D eigenvalue weighted by atomic mass is 10.1. The number of carbonyl (C=O) groups is 1. The average Bonchev–Trinajstić information content (AvgIpc) is 2.71. The highest BCUT2D eigenvalue weighted by molar-refractivity contribution is 5.75. The molecule has 0 aliphatic carbocycles. The summed E-state index contributed by atoms with van der Waals surface area (Å²) in [6.45, 7) is 14.1. The molecule has 106 valence electrons. The van der Waals surface area contributed by atoms with Crippen molar-refractivity contribution in [2.75, 3.05) is 26.2 Å². The predicted octanol–water partition coefficient (Wildman–Crippen LogP) is 1.65. The molecule has 1 rings (SSSR count). The SMILES string of the molecule is CCN1CCC(CNC(C)C(=O)OC(C)(C)C)C1. The molecule has 0 aromatic carbocycles. The Bertz CT molecular complexity index is 273. The third-order valence-corrected chi connectivity index (χ3v) is 3.29. The number of hydrogen-bond donors (Lipinski definition) is 1. The van der Waals surface area contributed by atoms with E-state index in [0.717, 1.165) is 19.6 Å². The average molecular weight is 256 g/mol. The van der Waals surface area contributed by atoms with E-state index in [4.69, 9.17) is 4.74 Å². The van der Waals surface area contributed by atoms with Crippen LogP contribution in [-0.4, -0.2) is 48.7 Å². The fourth-order valence-electron chi connectivity index (χ4n) is 2.18. The summed E-state index contributed by atoms with van der Waals surface area (Å²) in [4.78, 5) is 14.2. The molecule has 1 N–H and O–H groups in total. The topological polar surface area (TPSA) is 41.6 Å². The maximum absolute atomic E-state index is 11.8. The lowest BCUT2D eigenvalue weighted by Crippen LogP contribution is -2.41. The van der Waals surface area contributed by atoms with Gasteiger partial charge >= 0.3 is 5.97 Å². The molecule has 0 radical (unpaired) electrons. The Labute approximate surface area is 111 Å². The number of carbonyl (C=O) groups excluding carboxylic acids is 1. The van der Waals surface area contributed by atoms with Crippen molar-refractivity contribution in [3.8, 4) is 0 Å². The van der Waals surface area contributed by atoms with E-state index in [1.807, 2.05) is 27.7 Å². The highest BCUT2D eigenvalue weighted by Gasteiger charge is 2.24. The summed E-state index contributed by atoms with van der Waals surface area (Å²) in [5.74, 6) is 0.502. The summed E-state index contributed by atoms with van der Waals surface area (Å²) >= 11 is 0. The van der Waals surface area contributed by atoms with E-state index < -0.39 is 5.60 Å². The van der Waals surface area contributed by atoms with Gasteiger partial charge < -0.3 is 15.0 Å². The maximum atomic E-state index is 11.8. The largest absolute Gasteiger partial charge is 0.459 e. The van der Waals surface area contributed by atoms with Crippen LogP contribution in [0.25, 0.3) is 0 Å². The first-order valence-electron chi connectivity index (χ1n) is 7.00. The third-order valence-electron chi connectivity index (χ3n) is 3.29. The van der Waals surface area contributed by atoms with Crippen molar-refractivity contribution in [3.05, 3.63) is 0 Å². The molecule has 0 amide bonds.